The highest BCUT2D eigenvalue weighted by Crippen LogP contribution is 2.36. The lowest BCUT2D eigenvalue weighted by atomic mass is 9.97. The summed E-state index contributed by atoms with van der Waals surface area (Å²) in [4.78, 5) is 33.7. The molecule has 0 radical (unpaired) electrons. The summed E-state index contributed by atoms with van der Waals surface area (Å²) in [6.07, 6.45) is 4.12. The topological polar surface area (TPSA) is 64.0 Å². The van der Waals surface area contributed by atoms with Crippen LogP contribution in [0.5, 0.6) is 0 Å². The Morgan fingerprint density at radius 2 is 1.91 bits per heavy atom. The molecule has 9 heteroatoms. The molecule has 0 bridgehead atoms. The van der Waals surface area contributed by atoms with E-state index in [1.165, 1.54) is 16.6 Å². The number of nitrogens with one attached hydrogen (secondary N) is 1. The van der Waals surface area contributed by atoms with Crippen molar-refractivity contribution in [1.29, 1.82) is 0 Å². The van der Waals surface area contributed by atoms with Crippen LogP contribution in [-0.4, -0.2) is 20.7 Å². The van der Waals surface area contributed by atoms with Gasteiger partial charge in [-0.1, -0.05) is 35.5 Å². The van der Waals surface area contributed by atoms with Crippen LogP contribution in [0.1, 0.15) is 30.2 Å². The molecule has 34 heavy (non-hydrogen) atoms. The molecule has 0 fully saturated rings. The molecule has 0 saturated heterocycles. The Hall–Kier alpha value is -2.13. The number of fused-ring (bicyclic) bond motifs is 3. The van der Waals surface area contributed by atoms with Crippen molar-refractivity contribution in [1.82, 2.24) is 9.55 Å². The number of nitrogens with zero attached hydrogens (tertiary/aromatic N) is 2. The van der Waals surface area contributed by atoms with Crippen molar-refractivity contribution in [2.75, 3.05) is 5.32 Å². The van der Waals surface area contributed by atoms with Crippen LogP contribution in [0.2, 0.25) is 5.02 Å². The van der Waals surface area contributed by atoms with E-state index in [1.54, 1.807) is 28.0 Å². The molecule has 1 amide bonds. The highest BCUT2D eigenvalue weighted by Gasteiger charge is 2.25. The molecule has 1 unspecified atom stereocenters. The summed E-state index contributed by atoms with van der Waals surface area (Å²) in [7, 11) is 0. The van der Waals surface area contributed by atoms with Gasteiger partial charge < -0.3 is 5.32 Å². The van der Waals surface area contributed by atoms with E-state index < -0.39 is 5.25 Å². The summed E-state index contributed by atoms with van der Waals surface area (Å²) in [5.74, 6) is -0.167. The number of hydrogen-bond donors (Lipinski definition) is 1. The molecule has 1 aliphatic carbocycles. The Labute approximate surface area is 218 Å². The van der Waals surface area contributed by atoms with Crippen molar-refractivity contribution < 1.29 is 4.79 Å². The molecule has 0 spiro atoms. The van der Waals surface area contributed by atoms with Crippen LogP contribution in [0.15, 0.2) is 63.0 Å². The van der Waals surface area contributed by atoms with Gasteiger partial charge in [-0.3, -0.25) is 14.2 Å². The second-order valence-corrected chi connectivity index (χ2v) is 11.8. The number of hydrogen-bond acceptors (Lipinski definition) is 5. The fourth-order valence-electron chi connectivity index (χ4n) is 4.09. The molecule has 5 rings (SSSR count). The van der Waals surface area contributed by atoms with E-state index in [0.717, 1.165) is 40.5 Å². The van der Waals surface area contributed by atoms with Crippen molar-refractivity contribution in [2.45, 2.75) is 43.0 Å². The van der Waals surface area contributed by atoms with Crippen molar-refractivity contribution in [3.8, 4) is 5.69 Å². The summed E-state index contributed by atoms with van der Waals surface area (Å²) in [5, 5.41) is 4.27. The first-order chi connectivity index (χ1) is 16.4. The summed E-state index contributed by atoms with van der Waals surface area (Å²) < 4.78 is 2.43. The number of anilines is 1. The number of rotatable bonds is 5. The van der Waals surface area contributed by atoms with Crippen LogP contribution in [0, 0.1) is 0 Å². The average Bonchev–Trinajstić information content (AvgIpc) is 3.20. The third-order valence-electron chi connectivity index (χ3n) is 5.83. The van der Waals surface area contributed by atoms with Gasteiger partial charge in [0.15, 0.2) is 5.16 Å². The van der Waals surface area contributed by atoms with E-state index in [9.17, 15) is 9.59 Å². The normalized spacial score (nSPS) is 14.1. The van der Waals surface area contributed by atoms with Crippen molar-refractivity contribution in [3.63, 3.8) is 0 Å². The van der Waals surface area contributed by atoms with Gasteiger partial charge in [-0.05, 0) is 90.5 Å². The summed E-state index contributed by atoms with van der Waals surface area (Å²) in [5.41, 5.74) is 2.43. The zero-order chi connectivity index (χ0) is 23.8. The molecule has 1 N–H and O–H groups in total. The first kappa shape index (κ1) is 23.6. The lowest BCUT2D eigenvalue weighted by Crippen LogP contribution is -2.26. The molecule has 0 saturated carbocycles. The molecular weight excluding hydrogens is 554 g/mol. The Balaban J connectivity index is 1.57. The summed E-state index contributed by atoms with van der Waals surface area (Å²) in [6.45, 7) is 1.82. The van der Waals surface area contributed by atoms with Crippen LogP contribution in [0.3, 0.4) is 0 Å². The van der Waals surface area contributed by atoms with E-state index >= 15 is 0 Å². The summed E-state index contributed by atoms with van der Waals surface area (Å²) in [6, 6.07) is 14.6. The maximum Gasteiger partial charge on any atom is 0.267 e. The fraction of sp³-hybridized carbons (Fsp3) is 0.240. The smallest absolute Gasteiger partial charge is 0.267 e. The predicted octanol–water partition coefficient (Wildman–Crippen LogP) is 6.86. The minimum Gasteiger partial charge on any atom is -0.324 e. The molecule has 4 aromatic rings. The van der Waals surface area contributed by atoms with Crippen LogP contribution in [0.25, 0.3) is 15.9 Å². The van der Waals surface area contributed by atoms with E-state index in [2.05, 4.69) is 21.2 Å². The Bertz CT molecular complexity index is 1450. The molecule has 2 heterocycles. The number of aryl methyl sites for hydroxylation is 2. The van der Waals surface area contributed by atoms with E-state index in [1.807, 2.05) is 43.3 Å². The van der Waals surface area contributed by atoms with Gasteiger partial charge in [-0.15, -0.1) is 11.3 Å². The van der Waals surface area contributed by atoms with Crippen LogP contribution < -0.4 is 10.9 Å². The zero-order valence-corrected chi connectivity index (χ0v) is 22.3. The van der Waals surface area contributed by atoms with Crippen LogP contribution in [-0.2, 0) is 17.6 Å². The molecule has 2 aromatic carbocycles. The van der Waals surface area contributed by atoms with Crippen molar-refractivity contribution in [3.05, 3.63) is 78.8 Å². The molecule has 2 aromatic heterocycles. The van der Waals surface area contributed by atoms with Gasteiger partial charge in [-0.2, -0.15) is 0 Å². The highest BCUT2D eigenvalue weighted by molar-refractivity contribution is 9.10. The quantitative estimate of drug-likeness (QED) is 0.209. The van der Waals surface area contributed by atoms with Gasteiger partial charge in [-0.25, -0.2) is 4.98 Å². The second-order valence-electron chi connectivity index (χ2n) is 8.13. The minimum atomic E-state index is -0.482. The summed E-state index contributed by atoms with van der Waals surface area (Å²) >= 11 is 12.5. The van der Waals surface area contributed by atoms with Crippen LogP contribution >= 0.6 is 50.6 Å². The van der Waals surface area contributed by atoms with E-state index in [4.69, 9.17) is 16.6 Å². The minimum absolute atomic E-state index is 0.0902. The fourth-order valence-corrected chi connectivity index (χ4v) is 6.83. The third-order valence-corrected chi connectivity index (χ3v) is 9.01. The molecule has 5 nitrogen and oxygen atoms in total. The molecule has 1 aliphatic rings. The number of carbonyl (C=O) groups is 1. The monoisotopic (exact) mass is 573 g/mol. The molecule has 0 aliphatic heterocycles. The second kappa shape index (κ2) is 9.85. The molecular formula is C25H21BrClN3O2S2. The van der Waals surface area contributed by atoms with E-state index in [-0.39, 0.29) is 11.5 Å². The maximum atomic E-state index is 13.8. The first-order valence-corrected chi connectivity index (χ1v) is 13.8. The zero-order valence-electron chi connectivity index (χ0n) is 18.3. The number of para-hydroxylation sites is 1. The first-order valence-electron chi connectivity index (χ1n) is 11.0. The van der Waals surface area contributed by atoms with E-state index in [0.29, 0.717) is 26.9 Å². The number of thioether (sulfide) groups is 1. The van der Waals surface area contributed by atoms with Gasteiger partial charge in [0.1, 0.15) is 4.83 Å². The third kappa shape index (κ3) is 4.56. The Morgan fingerprint density at radius 1 is 1.18 bits per heavy atom. The lowest BCUT2D eigenvalue weighted by molar-refractivity contribution is -0.115. The van der Waals surface area contributed by atoms with Gasteiger partial charge in [0.25, 0.3) is 5.56 Å². The van der Waals surface area contributed by atoms with Crippen molar-refractivity contribution in [2.24, 2.45) is 0 Å². The lowest BCUT2D eigenvalue weighted by Gasteiger charge is -2.17. The Morgan fingerprint density at radius 3 is 2.68 bits per heavy atom. The SMILES string of the molecule is CC(Sc1nc2sc3c(c2c(=O)n1-c1ccc(Cl)cc1)CCCC3)C(=O)Nc1ccccc1Br. The molecule has 174 valence electrons. The number of amides is 1. The molecule has 1 atom stereocenters. The van der Waals surface area contributed by atoms with Gasteiger partial charge in [0, 0.05) is 14.4 Å². The number of aromatic nitrogens is 2. The predicted molar refractivity (Wildman–Crippen MR) is 145 cm³/mol. The van der Waals surface area contributed by atoms with Gasteiger partial charge >= 0.3 is 0 Å². The number of benzene rings is 2. The number of halogens is 2. The largest absolute Gasteiger partial charge is 0.324 e. The van der Waals surface area contributed by atoms with Gasteiger partial charge in [0.05, 0.1) is 22.0 Å². The average molecular weight is 575 g/mol. The highest BCUT2D eigenvalue weighted by atomic mass is 79.9. The van der Waals surface area contributed by atoms with Crippen LogP contribution in [0.4, 0.5) is 5.69 Å². The standard InChI is InChI=1S/C25H21BrClN3O2S2/c1-14(22(31)28-19-8-4-3-7-18(19)26)33-25-29-23-21(17-6-2-5-9-20(17)34-23)24(32)30(25)16-12-10-15(27)11-13-16/h3-4,7-8,10-14H,2,5-6,9H2,1H3,(H,28,31). The van der Waals surface area contributed by atoms with Gasteiger partial charge in [0.2, 0.25) is 5.91 Å². The number of thiophene rings is 1. The Kier molecular flexibility index (Phi) is 6.84. The maximum absolute atomic E-state index is 13.8. The van der Waals surface area contributed by atoms with Crippen molar-refractivity contribution >= 4 is 72.4 Å². The number of carbonyl (C=O) groups excluding carboxylic acids is 1.